The summed E-state index contributed by atoms with van der Waals surface area (Å²) in [6.45, 7) is 24.3. The molecule has 2 aromatic rings. The summed E-state index contributed by atoms with van der Waals surface area (Å²) in [5.74, 6) is 0.126. The highest BCUT2D eigenvalue weighted by molar-refractivity contribution is 5.59. The van der Waals surface area contributed by atoms with Gasteiger partial charge in [0, 0.05) is 51.9 Å². The van der Waals surface area contributed by atoms with Crippen molar-refractivity contribution in [2.45, 2.75) is 80.6 Å². The summed E-state index contributed by atoms with van der Waals surface area (Å²) in [6.07, 6.45) is 3.42. The zero-order chi connectivity index (χ0) is 29.4. The first-order valence-electron chi connectivity index (χ1n) is 14.5. The Hall–Kier alpha value is -2.32. The highest BCUT2D eigenvalue weighted by atomic mass is 16.2. The van der Waals surface area contributed by atoms with E-state index >= 15 is 0 Å². The van der Waals surface area contributed by atoms with E-state index in [1.807, 2.05) is 51.6 Å². The second-order valence-corrected chi connectivity index (χ2v) is 9.92. The van der Waals surface area contributed by atoms with Gasteiger partial charge in [0.15, 0.2) is 0 Å². The van der Waals surface area contributed by atoms with E-state index in [9.17, 15) is 19.2 Å². The van der Waals surface area contributed by atoms with Crippen LogP contribution >= 0.6 is 0 Å². The second-order valence-electron chi connectivity index (χ2n) is 9.92. The summed E-state index contributed by atoms with van der Waals surface area (Å²) >= 11 is 0. The highest BCUT2D eigenvalue weighted by Crippen LogP contribution is 2.21. The van der Waals surface area contributed by atoms with E-state index in [2.05, 4.69) is 37.5 Å². The van der Waals surface area contributed by atoms with Gasteiger partial charge in [-0.25, -0.2) is 0 Å². The Morgan fingerprint density at radius 1 is 0.632 bits per heavy atom. The largest absolute Gasteiger partial charge is 0.370 e. The standard InChI is InChI=1S/C15H26N2O2.C13H22N2O2.C2H6/c1-6-8-17(7-2)10-9-16(5)13-12(11(3)4)14(18)15(13)19;1-4-6-15(7-5-2)9-8-14(3)11-10-12(16)13(11)17;1-2/h11H,6-10H2,1-5H3;10H,4-9H2,1-3H3;1-2H3. The van der Waals surface area contributed by atoms with E-state index in [0.717, 1.165) is 71.6 Å². The van der Waals surface area contributed by atoms with E-state index < -0.39 is 0 Å². The van der Waals surface area contributed by atoms with Gasteiger partial charge in [0.05, 0.1) is 11.4 Å². The van der Waals surface area contributed by atoms with Gasteiger partial charge < -0.3 is 19.6 Å². The van der Waals surface area contributed by atoms with Crippen LogP contribution in [0.25, 0.3) is 0 Å². The lowest BCUT2D eigenvalue weighted by atomic mass is 9.95. The molecule has 0 saturated carbocycles. The lowest BCUT2D eigenvalue weighted by molar-refractivity contribution is 0.281. The van der Waals surface area contributed by atoms with Crippen LogP contribution in [0, 0.1) is 0 Å². The zero-order valence-corrected chi connectivity index (χ0v) is 25.9. The SMILES string of the molecule is CC.CCCN(CC)CCN(C)c1c(C(C)C)c(=O)c1=O.CCCN(CCC)CCN(C)c1cc(=O)c1=O. The quantitative estimate of drug-likeness (QED) is 0.303. The lowest BCUT2D eigenvalue weighted by Gasteiger charge is -2.28. The minimum atomic E-state index is -0.370. The molecule has 0 bridgehead atoms. The molecule has 0 aliphatic heterocycles. The van der Waals surface area contributed by atoms with E-state index in [0.29, 0.717) is 16.9 Å². The van der Waals surface area contributed by atoms with Crippen molar-refractivity contribution in [3.8, 4) is 0 Å². The average molecular weight is 535 g/mol. The Balaban J connectivity index is 0.000000680. The number of anilines is 2. The number of rotatable bonds is 16. The molecule has 0 aromatic heterocycles. The third-order valence-electron chi connectivity index (χ3n) is 6.59. The monoisotopic (exact) mass is 534 g/mol. The molecule has 0 aliphatic rings. The molecular weight excluding hydrogens is 480 g/mol. The molecule has 0 radical (unpaired) electrons. The number of nitrogens with zero attached hydrogens (tertiary/aromatic N) is 4. The van der Waals surface area contributed by atoms with Gasteiger partial charge in [-0.3, -0.25) is 19.2 Å². The van der Waals surface area contributed by atoms with Crippen LogP contribution in [-0.2, 0) is 0 Å². The van der Waals surface area contributed by atoms with Gasteiger partial charge in [0.1, 0.15) is 0 Å². The molecule has 218 valence electrons. The molecule has 0 atom stereocenters. The topological polar surface area (TPSA) is 81.2 Å². The molecule has 0 amide bonds. The zero-order valence-electron chi connectivity index (χ0n) is 25.9. The normalized spacial score (nSPS) is 11.1. The first-order chi connectivity index (χ1) is 18.0. The van der Waals surface area contributed by atoms with Crippen LogP contribution in [0.5, 0.6) is 0 Å². The maximum Gasteiger partial charge on any atom is 0.249 e. The van der Waals surface area contributed by atoms with Crippen molar-refractivity contribution in [1.82, 2.24) is 9.80 Å². The molecule has 0 unspecified atom stereocenters. The molecule has 0 aliphatic carbocycles. The molecule has 0 N–H and O–H groups in total. The van der Waals surface area contributed by atoms with Crippen LogP contribution in [0.1, 0.15) is 86.1 Å². The summed E-state index contributed by atoms with van der Waals surface area (Å²) in [5.41, 5.74) is 0.569. The molecule has 8 heteroatoms. The van der Waals surface area contributed by atoms with Crippen molar-refractivity contribution < 1.29 is 0 Å². The van der Waals surface area contributed by atoms with Gasteiger partial charge in [0.25, 0.3) is 0 Å². The Morgan fingerprint density at radius 2 is 1.11 bits per heavy atom. The van der Waals surface area contributed by atoms with Crippen molar-refractivity contribution in [3.05, 3.63) is 52.5 Å². The summed E-state index contributed by atoms with van der Waals surface area (Å²) in [5, 5.41) is 0. The van der Waals surface area contributed by atoms with Gasteiger partial charge in [-0.05, 0) is 51.4 Å². The van der Waals surface area contributed by atoms with E-state index in [-0.39, 0.29) is 27.6 Å². The fraction of sp³-hybridized carbons (Fsp3) is 0.733. The Kier molecular flexibility index (Phi) is 17.7. The van der Waals surface area contributed by atoms with E-state index in [1.54, 1.807) is 0 Å². The van der Waals surface area contributed by atoms with Gasteiger partial charge in [-0.15, -0.1) is 0 Å². The predicted octanol–water partition coefficient (Wildman–Crippen LogP) is 3.44. The molecular formula is C30H54N4O4. The summed E-state index contributed by atoms with van der Waals surface area (Å²) in [6, 6.07) is 1.42. The Labute approximate surface area is 230 Å². The first-order valence-corrected chi connectivity index (χ1v) is 14.5. The lowest BCUT2D eigenvalue weighted by Crippen LogP contribution is -2.45. The van der Waals surface area contributed by atoms with Gasteiger partial charge in [0.2, 0.25) is 21.7 Å². The molecule has 0 spiro atoms. The molecule has 8 nitrogen and oxygen atoms in total. The maximum atomic E-state index is 11.7. The Bertz CT molecular complexity index is 1040. The predicted molar refractivity (Wildman–Crippen MR) is 164 cm³/mol. The fourth-order valence-electron chi connectivity index (χ4n) is 4.43. The van der Waals surface area contributed by atoms with Crippen LogP contribution in [-0.4, -0.2) is 76.3 Å². The number of likely N-dealkylation sites (N-methyl/N-ethyl adjacent to an activating group) is 3. The second kappa shape index (κ2) is 18.9. The van der Waals surface area contributed by atoms with Crippen molar-refractivity contribution in [2.75, 3.05) is 76.3 Å². The third-order valence-corrected chi connectivity index (χ3v) is 6.59. The smallest absolute Gasteiger partial charge is 0.249 e. The summed E-state index contributed by atoms with van der Waals surface area (Å²) < 4.78 is 0. The molecule has 0 saturated heterocycles. The van der Waals surface area contributed by atoms with Crippen LogP contribution in [0.4, 0.5) is 11.4 Å². The minimum Gasteiger partial charge on any atom is -0.370 e. The van der Waals surface area contributed by atoms with Crippen molar-refractivity contribution >= 4 is 11.4 Å². The van der Waals surface area contributed by atoms with Crippen molar-refractivity contribution in [3.63, 3.8) is 0 Å². The van der Waals surface area contributed by atoms with Crippen molar-refractivity contribution in [2.24, 2.45) is 0 Å². The number of hydrogen-bond acceptors (Lipinski definition) is 8. The summed E-state index contributed by atoms with van der Waals surface area (Å²) in [4.78, 5) is 53.9. The highest BCUT2D eigenvalue weighted by Gasteiger charge is 2.25. The first kappa shape index (κ1) is 35.7. The molecule has 0 heterocycles. The average Bonchev–Trinajstić information content (AvgIpc) is 2.91. The van der Waals surface area contributed by atoms with E-state index in [1.165, 1.54) is 6.07 Å². The fourth-order valence-corrected chi connectivity index (χ4v) is 4.43. The van der Waals surface area contributed by atoms with Crippen LogP contribution in [0.15, 0.2) is 25.2 Å². The molecule has 0 fully saturated rings. The minimum absolute atomic E-state index is 0.126. The molecule has 2 aromatic carbocycles. The van der Waals surface area contributed by atoms with Gasteiger partial charge in [-0.1, -0.05) is 55.4 Å². The van der Waals surface area contributed by atoms with Crippen LogP contribution < -0.4 is 31.5 Å². The Morgan fingerprint density at radius 3 is 1.53 bits per heavy atom. The molecule has 2 rings (SSSR count). The third kappa shape index (κ3) is 10.4. The van der Waals surface area contributed by atoms with Crippen LogP contribution in [0.3, 0.4) is 0 Å². The van der Waals surface area contributed by atoms with E-state index in [4.69, 9.17) is 0 Å². The molecule has 38 heavy (non-hydrogen) atoms. The van der Waals surface area contributed by atoms with Crippen molar-refractivity contribution in [1.29, 1.82) is 0 Å². The maximum absolute atomic E-state index is 11.7. The van der Waals surface area contributed by atoms with Crippen LogP contribution in [0.2, 0.25) is 0 Å². The number of hydrogen-bond donors (Lipinski definition) is 0. The van der Waals surface area contributed by atoms with Gasteiger partial charge >= 0.3 is 0 Å². The summed E-state index contributed by atoms with van der Waals surface area (Å²) in [7, 11) is 3.77. The van der Waals surface area contributed by atoms with Gasteiger partial charge in [-0.2, -0.15) is 0 Å².